The molecule has 0 amide bonds. The minimum absolute atomic E-state index is 0.314. The van der Waals surface area contributed by atoms with Gasteiger partial charge in [0.25, 0.3) is 0 Å². The quantitative estimate of drug-likeness (QED) is 0.877. The first-order valence-corrected chi connectivity index (χ1v) is 7.44. The summed E-state index contributed by atoms with van der Waals surface area (Å²) >= 11 is 3.57. The molecule has 106 valence electrons. The average Bonchev–Trinajstić information content (AvgIpc) is 3.18. The molecule has 20 heavy (non-hydrogen) atoms. The van der Waals surface area contributed by atoms with E-state index in [1.165, 1.54) is 18.4 Å². The summed E-state index contributed by atoms with van der Waals surface area (Å²) in [7, 11) is 0. The van der Waals surface area contributed by atoms with Crippen LogP contribution in [0.25, 0.3) is 0 Å². The van der Waals surface area contributed by atoms with Gasteiger partial charge in [-0.05, 0) is 36.6 Å². The number of aryl methyl sites for hydroxylation is 1. The summed E-state index contributed by atoms with van der Waals surface area (Å²) in [5.41, 5.74) is 1.19. The van der Waals surface area contributed by atoms with E-state index in [2.05, 4.69) is 31.4 Å². The van der Waals surface area contributed by atoms with Gasteiger partial charge in [-0.15, -0.1) is 0 Å². The van der Waals surface area contributed by atoms with E-state index < -0.39 is 0 Å². The smallest absolute Gasteiger partial charge is 0.223 e. The third-order valence-electron chi connectivity index (χ3n) is 3.11. The molecule has 1 heterocycles. The maximum Gasteiger partial charge on any atom is 0.223 e. The molecule has 6 heteroatoms. The summed E-state index contributed by atoms with van der Waals surface area (Å²) in [5, 5.41) is 7.30. The van der Waals surface area contributed by atoms with Crippen molar-refractivity contribution in [3.8, 4) is 5.75 Å². The summed E-state index contributed by atoms with van der Waals surface area (Å²) < 4.78 is 11.7. The number of rotatable bonds is 6. The lowest BCUT2D eigenvalue weighted by Crippen LogP contribution is -2.15. The van der Waals surface area contributed by atoms with Gasteiger partial charge in [-0.25, -0.2) is 0 Å². The highest BCUT2D eigenvalue weighted by Crippen LogP contribution is 2.25. The molecule has 2 aromatic rings. The fourth-order valence-corrected chi connectivity index (χ4v) is 2.25. The van der Waals surface area contributed by atoms with Crippen LogP contribution in [-0.2, 0) is 13.2 Å². The third-order valence-corrected chi connectivity index (χ3v) is 3.89. The van der Waals surface area contributed by atoms with Gasteiger partial charge in [0.1, 0.15) is 5.75 Å². The minimum atomic E-state index is 0.314. The fraction of sp³-hybridized carbons (Fsp3) is 0.429. The standard InChI is InChI=1S/C14H16BrN3O2/c1-9-17-14(18-20-9)8-19-12-4-5-13(15)10(6-12)7-16-11-2-3-11/h4-6,11,16H,2-3,7-8H2,1H3. The van der Waals surface area contributed by atoms with Gasteiger partial charge in [-0.2, -0.15) is 4.98 Å². The molecule has 0 unspecified atom stereocenters. The van der Waals surface area contributed by atoms with Gasteiger partial charge in [-0.1, -0.05) is 21.1 Å². The number of nitrogens with one attached hydrogen (secondary N) is 1. The van der Waals surface area contributed by atoms with E-state index in [0.717, 1.165) is 16.8 Å². The Morgan fingerprint density at radius 1 is 1.45 bits per heavy atom. The molecule has 1 aliphatic rings. The Morgan fingerprint density at radius 3 is 3.00 bits per heavy atom. The summed E-state index contributed by atoms with van der Waals surface area (Å²) in [4.78, 5) is 4.11. The monoisotopic (exact) mass is 337 g/mol. The van der Waals surface area contributed by atoms with Crippen molar-refractivity contribution < 1.29 is 9.26 Å². The Bertz CT molecular complexity index is 596. The molecule has 0 bridgehead atoms. The number of nitrogens with zero attached hydrogens (tertiary/aromatic N) is 2. The topological polar surface area (TPSA) is 60.2 Å². The van der Waals surface area contributed by atoms with Crippen molar-refractivity contribution in [2.24, 2.45) is 0 Å². The molecule has 0 radical (unpaired) electrons. The summed E-state index contributed by atoms with van der Waals surface area (Å²) in [6.07, 6.45) is 2.57. The number of hydrogen-bond acceptors (Lipinski definition) is 5. The number of benzene rings is 1. The number of halogens is 1. The molecule has 1 aromatic heterocycles. The van der Waals surface area contributed by atoms with Crippen LogP contribution in [0.5, 0.6) is 5.75 Å². The highest BCUT2D eigenvalue weighted by molar-refractivity contribution is 9.10. The first-order valence-electron chi connectivity index (χ1n) is 6.64. The lowest BCUT2D eigenvalue weighted by molar-refractivity contribution is 0.285. The normalized spacial score (nSPS) is 14.5. The van der Waals surface area contributed by atoms with E-state index in [4.69, 9.17) is 9.26 Å². The van der Waals surface area contributed by atoms with Gasteiger partial charge in [0.15, 0.2) is 6.61 Å². The molecule has 5 nitrogen and oxygen atoms in total. The van der Waals surface area contributed by atoms with E-state index in [1.54, 1.807) is 6.92 Å². The van der Waals surface area contributed by atoms with Crippen LogP contribution in [0.2, 0.25) is 0 Å². The van der Waals surface area contributed by atoms with Crippen molar-refractivity contribution in [2.75, 3.05) is 0 Å². The second-order valence-corrected chi connectivity index (χ2v) is 5.78. The molecular formula is C14H16BrN3O2. The molecule has 1 fully saturated rings. The molecule has 1 aliphatic carbocycles. The summed E-state index contributed by atoms with van der Waals surface area (Å²) in [6, 6.07) is 6.65. The summed E-state index contributed by atoms with van der Waals surface area (Å²) in [6.45, 7) is 2.93. The predicted molar refractivity (Wildman–Crippen MR) is 77.4 cm³/mol. The van der Waals surface area contributed by atoms with Crippen LogP contribution in [0, 0.1) is 6.92 Å². The lowest BCUT2D eigenvalue weighted by Gasteiger charge is -2.09. The average molecular weight is 338 g/mol. The van der Waals surface area contributed by atoms with Crippen LogP contribution in [0.4, 0.5) is 0 Å². The molecule has 0 atom stereocenters. The van der Waals surface area contributed by atoms with E-state index in [9.17, 15) is 0 Å². The highest BCUT2D eigenvalue weighted by Gasteiger charge is 2.20. The largest absolute Gasteiger partial charge is 0.485 e. The zero-order valence-corrected chi connectivity index (χ0v) is 12.8. The number of hydrogen-bond donors (Lipinski definition) is 1. The van der Waals surface area contributed by atoms with Crippen molar-refractivity contribution in [3.63, 3.8) is 0 Å². The first-order chi connectivity index (χ1) is 9.70. The van der Waals surface area contributed by atoms with E-state index in [-0.39, 0.29) is 0 Å². The Kier molecular flexibility index (Phi) is 4.03. The molecule has 3 rings (SSSR count). The Hall–Kier alpha value is -1.40. The van der Waals surface area contributed by atoms with Crippen molar-refractivity contribution >= 4 is 15.9 Å². The van der Waals surface area contributed by atoms with Gasteiger partial charge in [0.2, 0.25) is 11.7 Å². The second kappa shape index (κ2) is 5.93. The number of ether oxygens (including phenoxy) is 1. The van der Waals surface area contributed by atoms with Crippen LogP contribution in [-0.4, -0.2) is 16.2 Å². The van der Waals surface area contributed by atoms with Crippen LogP contribution in [0.15, 0.2) is 27.2 Å². The van der Waals surface area contributed by atoms with Gasteiger partial charge < -0.3 is 14.6 Å². The van der Waals surface area contributed by atoms with Gasteiger partial charge in [0, 0.05) is 24.0 Å². The maximum atomic E-state index is 5.69. The molecule has 1 saturated carbocycles. The zero-order valence-electron chi connectivity index (χ0n) is 11.2. The third kappa shape index (κ3) is 3.58. The predicted octanol–water partition coefficient (Wildman–Crippen LogP) is 2.97. The second-order valence-electron chi connectivity index (χ2n) is 4.93. The molecule has 1 N–H and O–H groups in total. The van der Waals surface area contributed by atoms with E-state index in [0.29, 0.717) is 24.4 Å². The lowest BCUT2D eigenvalue weighted by atomic mass is 10.2. The van der Waals surface area contributed by atoms with Crippen LogP contribution < -0.4 is 10.1 Å². The van der Waals surface area contributed by atoms with Gasteiger partial charge >= 0.3 is 0 Å². The van der Waals surface area contributed by atoms with E-state index >= 15 is 0 Å². The Labute approximate surface area is 125 Å². The Morgan fingerprint density at radius 2 is 2.30 bits per heavy atom. The van der Waals surface area contributed by atoms with Gasteiger partial charge in [-0.3, -0.25) is 0 Å². The molecule has 0 aliphatic heterocycles. The molecule has 0 spiro atoms. The highest BCUT2D eigenvalue weighted by atomic mass is 79.9. The minimum Gasteiger partial charge on any atom is -0.485 e. The van der Waals surface area contributed by atoms with Gasteiger partial charge in [0.05, 0.1) is 0 Å². The van der Waals surface area contributed by atoms with Crippen molar-refractivity contribution in [3.05, 3.63) is 40.0 Å². The molecular weight excluding hydrogens is 322 g/mol. The van der Waals surface area contributed by atoms with Crippen LogP contribution in [0.3, 0.4) is 0 Å². The maximum absolute atomic E-state index is 5.69. The van der Waals surface area contributed by atoms with Crippen molar-refractivity contribution in [1.29, 1.82) is 0 Å². The molecule has 0 saturated heterocycles. The summed E-state index contributed by atoms with van der Waals surface area (Å²) in [5.74, 6) is 1.92. The van der Waals surface area contributed by atoms with E-state index in [1.807, 2.05) is 18.2 Å². The molecule has 1 aromatic carbocycles. The number of aromatic nitrogens is 2. The van der Waals surface area contributed by atoms with Crippen LogP contribution in [0.1, 0.15) is 30.1 Å². The Balaban J connectivity index is 1.61. The fourth-order valence-electron chi connectivity index (χ4n) is 1.87. The van der Waals surface area contributed by atoms with Crippen LogP contribution >= 0.6 is 15.9 Å². The zero-order chi connectivity index (χ0) is 13.9. The van der Waals surface area contributed by atoms with Crippen molar-refractivity contribution in [1.82, 2.24) is 15.5 Å². The SMILES string of the molecule is Cc1nc(COc2ccc(Br)c(CNC3CC3)c2)no1. The first kappa shape index (κ1) is 13.6. The van der Waals surface area contributed by atoms with Crippen molar-refractivity contribution in [2.45, 2.75) is 39.0 Å².